The smallest absolute Gasteiger partial charge is 0.0825 e. The molecule has 5 heteroatoms. The Balaban J connectivity index is 1.54. The van der Waals surface area contributed by atoms with Crippen LogP contribution in [0, 0.1) is 12.8 Å². The maximum absolute atomic E-state index is 6.48. The molecule has 3 rings (SSSR count). The summed E-state index contributed by atoms with van der Waals surface area (Å²) in [6, 6.07) is 4.99. The lowest BCUT2D eigenvalue weighted by molar-refractivity contribution is 0.198. The highest BCUT2D eigenvalue weighted by Gasteiger charge is 2.27. The van der Waals surface area contributed by atoms with E-state index in [1.165, 1.54) is 38.6 Å². The zero-order chi connectivity index (χ0) is 18.0. The molecule has 2 aliphatic rings. The molecular weight excluding hydrogens is 353 g/mol. The number of rotatable bonds is 4. The molecule has 0 unspecified atom stereocenters. The molecule has 1 aliphatic carbocycles. The number of hydrogen-bond acceptors (Lipinski definition) is 3. The Morgan fingerprint density at radius 3 is 2.52 bits per heavy atom. The third-order valence-corrected chi connectivity index (χ3v) is 6.71. The Hall–Kier alpha value is -0.480. The van der Waals surface area contributed by atoms with Crippen LogP contribution in [0.3, 0.4) is 0 Å². The molecule has 0 amide bonds. The summed E-state index contributed by atoms with van der Waals surface area (Å²) < 4.78 is 0. The Morgan fingerprint density at radius 1 is 1.12 bits per heavy atom. The number of nitrogens with zero attached hydrogens (tertiary/aromatic N) is 2. The topological polar surface area (TPSA) is 32.5 Å². The van der Waals surface area contributed by atoms with Gasteiger partial charge >= 0.3 is 0 Å². The molecule has 0 radical (unpaired) electrons. The van der Waals surface area contributed by atoms with E-state index >= 15 is 0 Å². The predicted molar refractivity (Wildman–Crippen MR) is 109 cm³/mol. The van der Waals surface area contributed by atoms with Crippen molar-refractivity contribution in [1.82, 2.24) is 4.90 Å². The molecule has 140 valence electrons. The number of anilines is 1. The van der Waals surface area contributed by atoms with Gasteiger partial charge in [0.1, 0.15) is 0 Å². The monoisotopic (exact) mass is 383 g/mol. The lowest BCUT2D eigenvalue weighted by Crippen LogP contribution is -2.52. The highest BCUT2D eigenvalue weighted by Crippen LogP contribution is 2.36. The lowest BCUT2D eigenvalue weighted by atomic mass is 9.84. The number of nitrogens with two attached hydrogens (primary N) is 1. The molecule has 1 atom stereocenters. The first-order chi connectivity index (χ1) is 11.9. The van der Waals surface area contributed by atoms with E-state index in [0.29, 0.717) is 22.1 Å². The normalized spacial score (nSPS) is 28.4. The SMILES string of the molecule is Cc1cc(Cl)c(Cl)c(N2CCN(CC[C@H]3CC[C@H](N)CC3)C[C@H]2C)c1. The Kier molecular flexibility index (Phi) is 6.54. The van der Waals surface area contributed by atoms with E-state index in [4.69, 9.17) is 28.9 Å². The van der Waals surface area contributed by atoms with Crippen LogP contribution in [0.4, 0.5) is 5.69 Å². The van der Waals surface area contributed by atoms with Crippen molar-refractivity contribution in [3.63, 3.8) is 0 Å². The fourth-order valence-electron chi connectivity index (χ4n) is 4.35. The van der Waals surface area contributed by atoms with E-state index in [-0.39, 0.29) is 0 Å². The first-order valence-electron chi connectivity index (χ1n) is 9.64. The average Bonchev–Trinajstić information content (AvgIpc) is 2.58. The molecule has 2 fully saturated rings. The molecule has 1 saturated carbocycles. The summed E-state index contributed by atoms with van der Waals surface area (Å²) in [6.45, 7) is 8.77. The zero-order valence-corrected chi connectivity index (χ0v) is 17.0. The van der Waals surface area contributed by atoms with E-state index in [1.54, 1.807) is 0 Å². The van der Waals surface area contributed by atoms with Crippen LogP contribution < -0.4 is 10.6 Å². The first kappa shape index (κ1) is 19.3. The second-order valence-corrected chi connectivity index (χ2v) is 8.78. The van der Waals surface area contributed by atoms with Gasteiger partial charge in [0.25, 0.3) is 0 Å². The van der Waals surface area contributed by atoms with Gasteiger partial charge in [-0.25, -0.2) is 0 Å². The summed E-state index contributed by atoms with van der Waals surface area (Å²) in [7, 11) is 0. The Labute approximate surface area is 162 Å². The summed E-state index contributed by atoms with van der Waals surface area (Å²) >= 11 is 12.8. The number of halogens is 2. The van der Waals surface area contributed by atoms with Crippen LogP contribution in [-0.2, 0) is 0 Å². The van der Waals surface area contributed by atoms with E-state index in [0.717, 1.165) is 36.8 Å². The molecule has 1 aromatic rings. The van der Waals surface area contributed by atoms with Gasteiger partial charge in [-0.05, 0) is 76.1 Å². The van der Waals surface area contributed by atoms with Gasteiger partial charge < -0.3 is 10.6 Å². The molecule has 1 aromatic carbocycles. The predicted octanol–water partition coefficient (Wildman–Crippen LogP) is 4.72. The number of aryl methyl sites for hydroxylation is 1. The van der Waals surface area contributed by atoms with Crippen LogP contribution in [0.1, 0.15) is 44.6 Å². The van der Waals surface area contributed by atoms with Crippen LogP contribution in [0.15, 0.2) is 12.1 Å². The minimum absolute atomic E-state index is 0.448. The standard InChI is InChI=1S/C20H31Cl2N3/c1-14-11-18(21)20(22)19(12-14)25-10-9-24(13-15(25)2)8-7-16-3-5-17(23)6-4-16/h11-12,15-17H,3-10,13,23H2,1-2H3/t15-,16-,17-/m1/s1. The quantitative estimate of drug-likeness (QED) is 0.815. The average molecular weight is 384 g/mol. The van der Waals surface area contributed by atoms with Gasteiger partial charge in [0.2, 0.25) is 0 Å². The van der Waals surface area contributed by atoms with Gasteiger partial charge in [-0.1, -0.05) is 23.2 Å². The number of hydrogen-bond donors (Lipinski definition) is 1. The van der Waals surface area contributed by atoms with Gasteiger partial charge in [0, 0.05) is 31.7 Å². The molecule has 0 aromatic heterocycles. The Bertz CT molecular complexity index is 585. The molecular formula is C20H31Cl2N3. The molecule has 1 saturated heterocycles. The van der Waals surface area contributed by atoms with E-state index < -0.39 is 0 Å². The number of piperazine rings is 1. The van der Waals surface area contributed by atoms with E-state index in [9.17, 15) is 0 Å². The van der Waals surface area contributed by atoms with Crippen LogP contribution >= 0.6 is 23.2 Å². The van der Waals surface area contributed by atoms with Crippen molar-refractivity contribution in [2.24, 2.45) is 11.7 Å². The molecule has 2 N–H and O–H groups in total. The van der Waals surface area contributed by atoms with Crippen LogP contribution in [0.2, 0.25) is 10.0 Å². The van der Waals surface area contributed by atoms with Gasteiger partial charge in [-0.3, -0.25) is 4.90 Å². The van der Waals surface area contributed by atoms with Crippen LogP contribution in [0.25, 0.3) is 0 Å². The highest BCUT2D eigenvalue weighted by molar-refractivity contribution is 6.43. The van der Waals surface area contributed by atoms with Crippen LogP contribution in [-0.4, -0.2) is 43.2 Å². The molecule has 1 heterocycles. The van der Waals surface area contributed by atoms with Crippen LogP contribution in [0.5, 0.6) is 0 Å². The fraction of sp³-hybridized carbons (Fsp3) is 0.700. The van der Waals surface area contributed by atoms with Gasteiger partial charge in [0.15, 0.2) is 0 Å². The van der Waals surface area contributed by atoms with Crippen molar-refractivity contribution in [3.05, 3.63) is 27.7 Å². The lowest BCUT2D eigenvalue weighted by Gasteiger charge is -2.42. The summed E-state index contributed by atoms with van der Waals surface area (Å²) in [5, 5.41) is 1.34. The number of benzene rings is 1. The van der Waals surface area contributed by atoms with Gasteiger partial charge in [-0.15, -0.1) is 0 Å². The highest BCUT2D eigenvalue weighted by atomic mass is 35.5. The van der Waals surface area contributed by atoms with Crippen molar-refractivity contribution in [2.75, 3.05) is 31.1 Å². The summed E-state index contributed by atoms with van der Waals surface area (Å²) in [5.41, 5.74) is 8.27. The molecule has 0 bridgehead atoms. The molecule has 3 nitrogen and oxygen atoms in total. The maximum Gasteiger partial charge on any atom is 0.0825 e. The van der Waals surface area contributed by atoms with Crippen molar-refractivity contribution in [1.29, 1.82) is 0 Å². The van der Waals surface area contributed by atoms with Crippen molar-refractivity contribution < 1.29 is 0 Å². The fourth-order valence-corrected chi connectivity index (χ4v) is 4.84. The summed E-state index contributed by atoms with van der Waals surface area (Å²) in [4.78, 5) is 5.03. The first-order valence-corrected chi connectivity index (χ1v) is 10.4. The minimum atomic E-state index is 0.448. The summed E-state index contributed by atoms with van der Waals surface area (Å²) in [6.07, 6.45) is 6.36. The minimum Gasteiger partial charge on any atom is -0.365 e. The van der Waals surface area contributed by atoms with Crippen molar-refractivity contribution in [2.45, 2.75) is 58.0 Å². The second-order valence-electron chi connectivity index (χ2n) is 7.99. The van der Waals surface area contributed by atoms with Crippen molar-refractivity contribution >= 4 is 28.9 Å². The summed E-state index contributed by atoms with van der Waals surface area (Å²) in [5.74, 6) is 0.873. The largest absolute Gasteiger partial charge is 0.365 e. The van der Waals surface area contributed by atoms with E-state index in [1.807, 2.05) is 6.07 Å². The zero-order valence-electron chi connectivity index (χ0n) is 15.5. The third kappa shape index (κ3) is 4.82. The van der Waals surface area contributed by atoms with Gasteiger partial charge in [-0.2, -0.15) is 0 Å². The van der Waals surface area contributed by atoms with Crippen molar-refractivity contribution in [3.8, 4) is 0 Å². The van der Waals surface area contributed by atoms with Gasteiger partial charge in [0.05, 0.1) is 15.7 Å². The second kappa shape index (κ2) is 8.47. The van der Waals surface area contributed by atoms with E-state index in [2.05, 4.69) is 29.7 Å². The molecule has 0 spiro atoms. The third-order valence-electron chi connectivity index (χ3n) is 5.92. The maximum atomic E-state index is 6.48. The Morgan fingerprint density at radius 2 is 1.84 bits per heavy atom. The molecule has 1 aliphatic heterocycles. The molecule has 25 heavy (non-hydrogen) atoms.